The molecule has 8 nitrogen and oxygen atoms in total. The number of halogens is 1. The summed E-state index contributed by atoms with van der Waals surface area (Å²) in [4.78, 5) is 29.5. The Balaban J connectivity index is 1.31. The van der Waals surface area contributed by atoms with Crippen LogP contribution in [0.5, 0.6) is 0 Å². The molecule has 0 radical (unpaired) electrons. The molecule has 5 rings (SSSR count). The van der Waals surface area contributed by atoms with E-state index in [1.165, 1.54) is 0 Å². The van der Waals surface area contributed by atoms with Gasteiger partial charge in [-0.15, -0.1) is 0 Å². The van der Waals surface area contributed by atoms with Gasteiger partial charge in [-0.3, -0.25) is 9.69 Å². The third-order valence-corrected chi connectivity index (χ3v) is 8.07. The summed E-state index contributed by atoms with van der Waals surface area (Å²) in [5.41, 5.74) is 2.83. The zero-order valence-electron chi connectivity index (χ0n) is 21.4. The van der Waals surface area contributed by atoms with Crippen LogP contribution in [-0.4, -0.2) is 88.7 Å². The van der Waals surface area contributed by atoms with Crippen molar-refractivity contribution in [3.63, 3.8) is 0 Å². The van der Waals surface area contributed by atoms with Crippen molar-refractivity contribution in [2.45, 2.75) is 57.2 Å². The maximum Gasteiger partial charge on any atom is 0.231 e. The standard InChI is InChI=1S/C27H37ClN6O2/c1-17-12-23(35)25-24(17)26(30-16-29-25)33-8-10-34(11-9-33)27(36)22(20-4-6-21(28)7-5-20)15-32-13-18(2)31-19(3)14-32/h4-7,16-19,22-23,31,35H,8-15H2,1-3H3/t17?,18-,19+,22-,23-/m1/s1. The second kappa shape index (κ2) is 10.6. The van der Waals surface area contributed by atoms with E-state index >= 15 is 0 Å². The molecular weight excluding hydrogens is 476 g/mol. The number of nitrogens with one attached hydrogen (secondary N) is 1. The van der Waals surface area contributed by atoms with Gasteiger partial charge in [-0.1, -0.05) is 30.7 Å². The minimum absolute atomic E-state index is 0.174. The summed E-state index contributed by atoms with van der Waals surface area (Å²) in [6, 6.07) is 8.54. The second-order valence-electron chi connectivity index (χ2n) is 10.8. The molecule has 2 aromatic rings. The number of piperazine rings is 2. The predicted octanol–water partition coefficient (Wildman–Crippen LogP) is 2.79. The SMILES string of the molecule is CC1C[C@@H](O)c2ncnc(N3CCN(C(=O)[C@H](CN4C[C@@H](C)N[C@@H](C)C4)c4ccc(Cl)cc4)CC3)c21. The van der Waals surface area contributed by atoms with Crippen LogP contribution in [-0.2, 0) is 4.79 Å². The Bertz CT molecular complexity index is 1060. The minimum atomic E-state index is -0.518. The topological polar surface area (TPSA) is 84.8 Å². The molecule has 0 bridgehead atoms. The smallest absolute Gasteiger partial charge is 0.231 e. The lowest BCUT2D eigenvalue weighted by Gasteiger charge is -2.40. The first kappa shape index (κ1) is 25.4. The first-order valence-electron chi connectivity index (χ1n) is 13.1. The first-order chi connectivity index (χ1) is 17.3. The third kappa shape index (κ3) is 5.23. The molecular formula is C27H37ClN6O2. The van der Waals surface area contributed by atoms with Gasteiger partial charge in [0.1, 0.15) is 12.1 Å². The predicted molar refractivity (Wildman–Crippen MR) is 142 cm³/mol. The van der Waals surface area contributed by atoms with Crippen LogP contribution in [0.4, 0.5) is 5.82 Å². The molecule has 2 fully saturated rings. The fraction of sp³-hybridized carbons (Fsp3) is 0.593. The Morgan fingerprint density at radius 3 is 2.42 bits per heavy atom. The van der Waals surface area contributed by atoms with E-state index in [-0.39, 0.29) is 17.7 Å². The number of nitrogens with zero attached hydrogens (tertiary/aromatic N) is 5. The molecule has 0 saturated carbocycles. The zero-order chi connectivity index (χ0) is 25.4. The van der Waals surface area contributed by atoms with Crippen molar-refractivity contribution in [1.29, 1.82) is 0 Å². The van der Waals surface area contributed by atoms with E-state index in [9.17, 15) is 9.90 Å². The summed E-state index contributed by atoms with van der Waals surface area (Å²) in [5, 5.41) is 14.6. The summed E-state index contributed by atoms with van der Waals surface area (Å²) in [6.07, 6.45) is 1.72. The molecule has 0 spiro atoms. The van der Waals surface area contributed by atoms with E-state index in [0.717, 1.165) is 35.7 Å². The molecule has 36 heavy (non-hydrogen) atoms. The average Bonchev–Trinajstić information content (AvgIpc) is 3.16. The van der Waals surface area contributed by atoms with Gasteiger partial charge in [-0.2, -0.15) is 0 Å². The molecule has 1 unspecified atom stereocenters. The van der Waals surface area contributed by atoms with Crippen LogP contribution in [0.25, 0.3) is 0 Å². The fourth-order valence-electron chi connectivity index (χ4n) is 6.18. The van der Waals surface area contributed by atoms with Gasteiger partial charge in [0.05, 0.1) is 17.7 Å². The number of carbonyl (C=O) groups is 1. The quantitative estimate of drug-likeness (QED) is 0.637. The third-order valence-electron chi connectivity index (χ3n) is 7.81. The molecule has 1 amide bonds. The van der Waals surface area contributed by atoms with Gasteiger partial charge in [0.25, 0.3) is 0 Å². The molecule has 3 aliphatic rings. The number of aromatic nitrogens is 2. The van der Waals surface area contributed by atoms with Gasteiger partial charge in [-0.25, -0.2) is 9.97 Å². The Morgan fingerprint density at radius 1 is 1.08 bits per heavy atom. The van der Waals surface area contributed by atoms with Gasteiger partial charge in [0, 0.05) is 68.5 Å². The van der Waals surface area contributed by atoms with Crippen LogP contribution in [0.2, 0.25) is 5.02 Å². The number of aliphatic hydroxyl groups is 1. The van der Waals surface area contributed by atoms with E-state index < -0.39 is 6.10 Å². The summed E-state index contributed by atoms with van der Waals surface area (Å²) in [5.74, 6) is 1.08. The largest absolute Gasteiger partial charge is 0.387 e. The summed E-state index contributed by atoms with van der Waals surface area (Å²) < 4.78 is 0. The lowest BCUT2D eigenvalue weighted by molar-refractivity contribution is -0.133. The van der Waals surface area contributed by atoms with Crippen molar-refractivity contribution in [2.24, 2.45) is 0 Å². The highest BCUT2D eigenvalue weighted by Crippen LogP contribution is 2.42. The number of anilines is 1. The number of amides is 1. The number of fused-ring (bicyclic) bond motifs is 1. The lowest BCUT2D eigenvalue weighted by atomic mass is 9.95. The van der Waals surface area contributed by atoms with Crippen LogP contribution < -0.4 is 10.2 Å². The molecule has 3 heterocycles. The molecule has 1 aromatic heterocycles. The number of carbonyl (C=O) groups excluding carboxylic acids is 1. The van der Waals surface area contributed by atoms with Crippen molar-refractivity contribution in [3.8, 4) is 0 Å². The molecule has 2 N–H and O–H groups in total. The van der Waals surface area contributed by atoms with Gasteiger partial charge >= 0.3 is 0 Å². The lowest BCUT2D eigenvalue weighted by Crippen LogP contribution is -2.56. The summed E-state index contributed by atoms with van der Waals surface area (Å²) in [7, 11) is 0. The van der Waals surface area contributed by atoms with Gasteiger partial charge < -0.3 is 20.2 Å². The normalized spacial score (nSPS) is 27.7. The van der Waals surface area contributed by atoms with Crippen molar-refractivity contribution in [3.05, 3.63) is 52.4 Å². The number of aliphatic hydroxyl groups excluding tert-OH is 1. The van der Waals surface area contributed by atoms with E-state index in [1.807, 2.05) is 29.2 Å². The summed E-state index contributed by atoms with van der Waals surface area (Å²) in [6.45, 7) is 11.8. The van der Waals surface area contributed by atoms with Crippen molar-refractivity contribution in [2.75, 3.05) is 50.7 Å². The zero-order valence-corrected chi connectivity index (χ0v) is 22.2. The molecule has 194 valence electrons. The number of benzene rings is 1. The van der Waals surface area contributed by atoms with Crippen molar-refractivity contribution < 1.29 is 9.90 Å². The Morgan fingerprint density at radius 2 is 1.75 bits per heavy atom. The van der Waals surface area contributed by atoms with Crippen LogP contribution in [0.3, 0.4) is 0 Å². The van der Waals surface area contributed by atoms with E-state index in [1.54, 1.807) is 6.33 Å². The van der Waals surface area contributed by atoms with Crippen LogP contribution in [0, 0.1) is 0 Å². The molecule has 1 aliphatic carbocycles. The molecule has 1 aromatic carbocycles. The fourth-order valence-corrected chi connectivity index (χ4v) is 6.31. The van der Waals surface area contributed by atoms with Crippen LogP contribution in [0.1, 0.15) is 62.0 Å². The molecule has 9 heteroatoms. The van der Waals surface area contributed by atoms with Crippen molar-refractivity contribution in [1.82, 2.24) is 25.1 Å². The molecule has 5 atom stereocenters. The van der Waals surface area contributed by atoms with Gasteiger partial charge in [-0.05, 0) is 43.9 Å². The van der Waals surface area contributed by atoms with Gasteiger partial charge in [0.2, 0.25) is 5.91 Å². The van der Waals surface area contributed by atoms with Crippen LogP contribution >= 0.6 is 11.6 Å². The Kier molecular flexibility index (Phi) is 7.49. The second-order valence-corrected chi connectivity index (χ2v) is 11.2. The average molecular weight is 513 g/mol. The molecule has 2 saturated heterocycles. The number of hydrogen-bond donors (Lipinski definition) is 2. The maximum absolute atomic E-state index is 13.9. The minimum Gasteiger partial charge on any atom is -0.387 e. The van der Waals surface area contributed by atoms with E-state index in [2.05, 4.69) is 45.9 Å². The first-order valence-corrected chi connectivity index (χ1v) is 13.5. The van der Waals surface area contributed by atoms with Crippen molar-refractivity contribution >= 4 is 23.3 Å². The van der Waals surface area contributed by atoms with E-state index in [4.69, 9.17) is 11.6 Å². The monoisotopic (exact) mass is 512 g/mol. The summed E-state index contributed by atoms with van der Waals surface area (Å²) >= 11 is 6.16. The highest BCUT2D eigenvalue weighted by Gasteiger charge is 2.36. The highest BCUT2D eigenvalue weighted by molar-refractivity contribution is 6.30. The van der Waals surface area contributed by atoms with Crippen LogP contribution in [0.15, 0.2) is 30.6 Å². The Labute approximate surface area is 218 Å². The van der Waals surface area contributed by atoms with Gasteiger partial charge in [0.15, 0.2) is 0 Å². The maximum atomic E-state index is 13.9. The number of rotatable bonds is 5. The van der Waals surface area contributed by atoms with E-state index in [0.29, 0.717) is 56.3 Å². The highest BCUT2D eigenvalue weighted by atomic mass is 35.5. The molecule has 2 aliphatic heterocycles. The number of hydrogen-bond acceptors (Lipinski definition) is 7. The Hall–Kier alpha value is -2.26.